The molecular weight excluding hydrogens is 1360 g/mol. The van der Waals surface area contributed by atoms with Crippen LogP contribution in [-0.2, 0) is 84.6 Å². The number of ether oxygens (including phenoxy) is 3. The Hall–Kier alpha value is -8.04. The van der Waals surface area contributed by atoms with Gasteiger partial charge in [-0.3, -0.25) is 57.5 Å². The van der Waals surface area contributed by atoms with Gasteiger partial charge in [-0.1, -0.05) is 137 Å². The van der Waals surface area contributed by atoms with Crippen LogP contribution in [0.3, 0.4) is 0 Å². The zero-order valence-corrected chi connectivity index (χ0v) is 66.5. The fraction of sp³-hybridized carbons (Fsp3) is 0.696. The van der Waals surface area contributed by atoms with Crippen molar-refractivity contribution in [2.75, 3.05) is 81.7 Å². The second-order valence-electron chi connectivity index (χ2n) is 31.2. The van der Waals surface area contributed by atoms with Crippen molar-refractivity contribution in [2.45, 2.75) is 246 Å². The van der Waals surface area contributed by atoms with Gasteiger partial charge < -0.3 is 75.1 Å². The predicted molar refractivity (Wildman–Crippen MR) is 403 cm³/mol. The topological polar surface area (TPSA) is 315 Å². The van der Waals surface area contributed by atoms with Gasteiger partial charge in [0, 0.05) is 81.4 Å². The lowest BCUT2D eigenvalue weighted by atomic mass is 9.96. The molecule has 0 spiro atoms. The molecule has 1 unspecified atom stereocenters. The number of hydrogen-bond donors (Lipinski definition) is 5. The van der Waals surface area contributed by atoms with Crippen molar-refractivity contribution in [1.29, 1.82) is 0 Å². The van der Waals surface area contributed by atoms with E-state index in [-0.39, 0.29) is 75.4 Å². The van der Waals surface area contributed by atoms with E-state index in [0.29, 0.717) is 56.5 Å². The summed E-state index contributed by atoms with van der Waals surface area (Å²) >= 11 is 0. The molecule has 592 valence electrons. The normalized spacial score (nSPS) is 25.8. The average Bonchev–Trinajstić information content (AvgIpc) is 0.819. The van der Waals surface area contributed by atoms with Crippen LogP contribution in [0.5, 0.6) is 0 Å². The van der Waals surface area contributed by atoms with E-state index >= 15 is 43.2 Å². The molecule has 3 aliphatic heterocycles. The van der Waals surface area contributed by atoms with Crippen molar-refractivity contribution in [3.8, 4) is 0 Å². The van der Waals surface area contributed by atoms with Crippen LogP contribution in [0.4, 0.5) is 0 Å². The SMILES string of the molecule is CCCOC[C@@H]1NC(=O)[C@H](CC(C)C)N(C)C(=O)CN(C)C(=O)[C@H]([C@@H](C)OC2CCCCO2)NC(=O)[C@H](CC(C)C)N(C)C(=O)[C@H](CC(C)C)NC(=O)[C@H](Cc2ccccc2)N(C)C(=O)[C@@H](C(C)C)NC(=O)C[C@@H](C(=O)N2CCCCC2)NC(=O)[C@H](CC(C)C)N(C)C(=O)[C@H](Cc2ccccc2)N(C)C1=O. The summed E-state index contributed by atoms with van der Waals surface area (Å²) < 4.78 is 18.3. The van der Waals surface area contributed by atoms with Gasteiger partial charge in [0.1, 0.15) is 60.4 Å². The minimum atomic E-state index is -1.50. The first-order valence-corrected chi connectivity index (χ1v) is 38.4. The zero-order valence-electron chi connectivity index (χ0n) is 66.5. The summed E-state index contributed by atoms with van der Waals surface area (Å²) in [5.74, 6) is -9.95. The minimum Gasteiger partial charge on any atom is -0.379 e. The van der Waals surface area contributed by atoms with E-state index in [1.807, 2.05) is 62.3 Å². The van der Waals surface area contributed by atoms with E-state index in [0.717, 1.165) is 24.2 Å². The number of piperidine rings is 1. The highest BCUT2D eigenvalue weighted by Gasteiger charge is 2.44. The van der Waals surface area contributed by atoms with Crippen molar-refractivity contribution in [1.82, 2.24) is 60.9 Å². The number of nitrogens with zero attached hydrogens (tertiary/aromatic N) is 7. The number of carbonyl (C=O) groups is 12. The van der Waals surface area contributed by atoms with Gasteiger partial charge in [0.2, 0.25) is 70.9 Å². The molecule has 106 heavy (non-hydrogen) atoms. The van der Waals surface area contributed by atoms with Crippen molar-refractivity contribution in [3.63, 3.8) is 0 Å². The summed E-state index contributed by atoms with van der Waals surface area (Å²) in [6.45, 7) is 22.1. The first-order valence-electron chi connectivity index (χ1n) is 38.4. The number of hydrogen-bond acceptors (Lipinski definition) is 15. The molecule has 2 aromatic carbocycles. The van der Waals surface area contributed by atoms with Crippen LogP contribution in [-0.4, -0.2) is 260 Å². The number of nitrogens with one attached hydrogen (secondary N) is 5. The van der Waals surface area contributed by atoms with Gasteiger partial charge in [-0.15, -0.1) is 0 Å². The molecule has 2 aromatic rings. The van der Waals surface area contributed by atoms with Crippen LogP contribution in [0.1, 0.15) is 171 Å². The van der Waals surface area contributed by atoms with Gasteiger partial charge in [0.05, 0.1) is 25.7 Å². The Balaban J connectivity index is 1.72. The van der Waals surface area contributed by atoms with Gasteiger partial charge in [-0.2, -0.15) is 0 Å². The quantitative estimate of drug-likeness (QED) is 0.102. The lowest BCUT2D eigenvalue weighted by Crippen LogP contribution is -2.62. The average molecular weight is 1480 g/mol. The third-order valence-corrected chi connectivity index (χ3v) is 20.0. The molecule has 0 aromatic heterocycles. The molecule has 12 amide bonds. The van der Waals surface area contributed by atoms with Gasteiger partial charge in [-0.25, -0.2) is 0 Å². The third-order valence-electron chi connectivity index (χ3n) is 20.0. The van der Waals surface area contributed by atoms with Crippen LogP contribution >= 0.6 is 0 Å². The Morgan fingerprint density at radius 3 is 1.48 bits per heavy atom. The van der Waals surface area contributed by atoms with E-state index < -0.39 is 163 Å². The van der Waals surface area contributed by atoms with Crippen LogP contribution < -0.4 is 26.6 Å². The summed E-state index contributed by atoms with van der Waals surface area (Å²) in [5, 5.41) is 14.5. The van der Waals surface area contributed by atoms with Crippen molar-refractivity contribution >= 4 is 70.9 Å². The third kappa shape index (κ3) is 26.4. The van der Waals surface area contributed by atoms with Crippen molar-refractivity contribution < 1.29 is 71.7 Å². The highest BCUT2D eigenvalue weighted by Crippen LogP contribution is 2.25. The lowest BCUT2D eigenvalue weighted by molar-refractivity contribution is -0.192. The van der Waals surface area contributed by atoms with E-state index in [2.05, 4.69) is 26.6 Å². The highest BCUT2D eigenvalue weighted by molar-refractivity contribution is 6.00. The molecule has 12 atom stereocenters. The second kappa shape index (κ2) is 43.1. The molecule has 27 heteroatoms. The second-order valence-corrected chi connectivity index (χ2v) is 31.2. The maximum Gasteiger partial charge on any atom is 0.248 e. The zero-order chi connectivity index (χ0) is 78.8. The lowest BCUT2D eigenvalue weighted by Gasteiger charge is -2.38. The van der Waals surface area contributed by atoms with Gasteiger partial charge in [0.25, 0.3) is 0 Å². The fourth-order valence-electron chi connectivity index (χ4n) is 13.7. The Bertz CT molecular complexity index is 3220. The van der Waals surface area contributed by atoms with Crippen LogP contribution in [0.25, 0.3) is 0 Å². The molecular formula is C79H126N12O15. The number of likely N-dealkylation sites (tertiary alicyclic amines) is 1. The van der Waals surface area contributed by atoms with E-state index in [4.69, 9.17) is 14.2 Å². The Morgan fingerprint density at radius 1 is 0.491 bits per heavy atom. The summed E-state index contributed by atoms with van der Waals surface area (Å²) in [6.07, 6.45) is 2.57. The molecule has 0 radical (unpaired) electrons. The van der Waals surface area contributed by atoms with Crippen LogP contribution in [0, 0.1) is 29.6 Å². The molecule has 0 bridgehead atoms. The largest absolute Gasteiger partial charge is 0.379 e. The molecule has 3 heterocycles. The van der Waals surface area contributed by atoms with Crippen molar-refractivity contribution in [2.24, 2.45) is 29.6 Å². The molecule has 3 aliphatic rings. The Morgan fingerprint density at radius 2 is 0.962 bits per heavy atom. The van der Waals surface area contributed by atoms with Gasteiger partial charge >= 0.3 is 0 Å². The van der Waals surface area contributed by atoms with Gasteiger partial charge in [-0.05, 0) is 118 Å². The monoisotopic (exact) mass is 1480 g/mol. The summed E-state index contributed by atoms with van der Waals surface area (Å²) in [6, 6.07) is 4.45. The first-order chi connectivity index (χ1) is 50.1. The summed E-state index contributed by atoms with van der Waals surface area (Å²) in [4.78, 5) is 191. The van der Waals surface area contributed by atoms with Crippen LogP contribution in [0.2, 0.25) is 0 Å². The van der Waals surface area contributed by atoms with E-state index in [1.54, 1.807) is 86.3 Å². The maximum atomic E-state index is 15.6. The molecule has 0 saturated carbocycles. The number of amides is 12. The molecule has 3 saturated heterocycles. The number of benzene rings is 2. The first kappa shape index (κ1) is 88.6. The number of rotatable bonds is 21. The fourth-order valence-corrected chi connectivity index (χ4v) is 13.7. The maximum absolute atomic E-state index is 15.6. The Labute approximate surface area is 629 Å². The molecule has 5 N–H and O–H groups in total. The molecule has 5 rings (SSSR count). The number of likely N-dealkylation sites (N-methyl/N-ethyl adjacent to an activating group) is 6. The van der Waals surface area contributed by atoms with E-state index in [9.17, 15) is 14.4 Å². The number of carbonyl (C=O) groups excluding carboxylic acids is 12. The summed E-state index contributed by atoms with van der Waals surface area (Å²) in [5.41, 5.74) is 1.31. The molecule has 3 fully saturated rings. The smallest absolute Gasteiger partial charge is 0.248 e. The highest BCUT2D eigenvalue weighted by atomic mass is 16.7. The Kier molecular flexibility index (Phi) is 36.0. The molecule has 27 nitrogen and oxygen atoms in total. The summed E-state index contributed by atoms with van der Waals surface area (Å²) in [7, 11) is 8.54. The van der Waals surface area contributed by atoms with Gasteiger partial charge in [0.15, 0.2) is 6.29 Å². The van der Waals surface area contributed by atoms with E-state index in [1.165, 1.54) is 66.8 Å². The van der Waals surface area contributed by atoms with Crippen LogP contribution in [0.15, 0.2) is 60.7 Å². The minimum absolute atomic E-state index is 0.0443. The molecule has 0 aliphatic carbocycles. The predicted octanol–water partition coefficient (Wildman–Crippen LogP) is 5.10. The van der Waals surface area contributed by atoms with Crippen molar-refractivity contribution in [3.05, 3.63) is 71.8 Å². The standard InChI is InChI=1S/C79H126N12O15/c1-19-38-104-48-59-75(99)90(18)64(45-56-33-25-21-26-34-56)77(101)88(16)61(42-51(6)7)71(95)81-58(76(100)91-36-28-22-29-37-91)46-65(92)83-68(53(10)11)79(103)89(17)63(44-55-31-23-20-24-32-55)72(96)80-57(40-49(2)3)74(98)87(15)62(43-52(8)9)73(97)84-69(54(12)106-67-35-27-30-39-105-67)78(102)85(13)47-66(93)86(14)60(41-50(4)5)70(94)82-59/h20-21,23-26,31-34,49-54,57-64,67-69H,19,22,27-30,35-48H2,1-18H3,(H,80,96)(H,81,95)(H,82,94)(H,83,92)(H,84,97)/t54-,57+,58+,59+,60+,61+,62+,63+,64+,67?,68-,69+/m1/s1.